The van der Waals surface area contributed by atoms with Crippen molar-refractivity contribution in [1.29, 1.82) is 0 Å². The Balaban J connectivity index is 5.00. The third-order valence-corrected chi connectivity index (χ3v) is 5.61. The van der Waals surface area contributed by atoms with Gasteiger partial charge in [0.2, 0.25) is 12.8 Å². The van der Waals surface area contributed by atoms with Crippen molar-refractivity contribution < 1.29 is 38.9 Å². The molecule has 0 aromatic rings. The first-order chi connectivity index (χ1) is 16.0. The normalized spacial score (nSPS) is 13.0. The average Bonchev–Trinajstić information content (AvgIpc) is 2.80. The SMILES string of the molecule is CCCCCOC(=O)[C@@H](CO)CCCCC(NC=O)(NC=O)[C@H](CO)C(=O)OCCCCC. The highest BCUT2D eigenvalue weighted by Crippen LogP contribution is 2.24. The Morgan fingerprint density at radius 2 is 1.36 bits per heavy atom. The Bertz CT molecular complexity index is 549. The van der Waals surface area contributed by atoms with Crippen LogP contribution in [-0.4, -0.2) is 67.1 Å². The Morgan fingerprint density at radius 1 is 0.818 bits per heavy atom. The molecule has 0 heterocycles. The van der Waals surface area contributed by atoms with Gasteiger partial charge < -0.3 is 30.3 Å². The van der Waals surface area contributed by atoms with Gasteiger partial charge in [0, 0.05) is 0 Å². The fourth-order valence-corrected chi connectivity index (χ4v) is 3.55. The van der Waals surface area contributed by atoms with E-state index in [9.17, 15) is 29.4 Å². The van der Waals surface area contributed by atoms with Gasteiger partial charge in [0.15, 0.2) is 0 Å². The van der Waals surface area contributed by atoms with Gasteiger partial charge in [-0.3, -0.25) is 19.2 Å². The number of amides is 2. The van der Waals surface area contributed by atoms with Crippen molar-refractivity contribution in [2.24, 2.45) is 11.8 Å². The lowest BCUT2D eigenvalue weighted by Crippen LogP contribution is -2.64. The molecular weight excluding hydrogens is 432 g/mol. The highest BCUT2D eigenvalue weighted by molar-refractivity contribution is 5.75. The van der Waals surface area contributed by atoms with E-state index in [1.54, 1.807) is 0 Å². The second-order valence-electron chi connectivity index (χ2n) is 8.11. The molecule has 2 amide bonds. The van der Waals surface area contributed by atoms with Crippen LogP contribution in [0.3, 0.4) is 0 Å². The van der Waals surface area contributed by atoms with Crippen LogP contribution in [0.4, 0.5) is 0 Å². The quantitative estimate of drug-likeness (QED) is 0.0796. The third-order valence-electron chi connectivity index (χ3n) is 5.61. The molecule has 192 valence electrons. The fraction of sp³-hybridized carbons (Fsp3) is 0.826. The number of aliphatic hydroxyl groups excluding tert-OH is 2. The predicted molar refractivity (Wildman–Crippen MR) is 122 cm³/mol. The van der Waals surface area contributed by atoms with Crippen LogP contribution in [0.1, 0.15) is 78.1 Å². The van der Waals surface area contributed by atoms with E-state index >= 15 is 0 Å². The van der Waals surface area contributed by atoms with Crippen LogP contribution in [0.15, 0.2) is 0 Å². The van der Waals surface area contributed by atoms with Gasteiger partial charge in [0.25, 0.3) is 0 Å². The summed E-state index contributed by atoms with van der Waals surface area (Å²) in [6, 6.07) is 0. The molecule has 0 aliphatic heterocycles. The summed E-state index contributed by atoms with van der Waals surface area (Å²) in [6.45, 7) is 3.57. The maximum absolute atomic E-state index is 12.6. The molecule has 2 atom stereocenters. The topological polar surface area (TPSA) is 151 Å². The first kappa shape index (κ1) is 30.8. The molecule has 0 fully saturated rings. The molecule has 0 saturated heterocycles. The zero-order valence-corrected chi connectivity index (χ0v) is 20.1. The number of carbonyl (C=O) groups excluding carboxylic acids is 4. The minimum Gasteiger partial charge on any atom is -0.465 e. The summed E-state index contributed by atoms with van der Waals surface area (Å²) < 4.78 is 10.4. The van der Waals surface area contributed by atoms with Crippen molar-refractivity contribution in [1.82, 2.24) is 10.6 Å². The lowest BCUT2D eigenvalue weighted by molar-refractivity contribution is -0.155. The zero-order chi connectivity index (χ0) is 25.0. The Labute approximate surface area is 196 Å². The highest BCUT2D eigenvalue weighted by atomic mass is 16.5. The Hall–Kier alpha value is -2.20. The standard InChI is InChI=1S/C23H42N2O8/c1-3-5-9-13-32-21(30)19(15-26)11-7-8-12-23(24-17-28,25-18-29)20(16-27)22(31)33-14-10-6-4-2/h17-20,26-27H,3-16H2,1-2H3,(H,24,28)(H,25,29)/t19-,20-/m1/s1. The molecule has 0 spiro atoms. The lowest BCUT2D eigenvalue weighted by atomic mass is 9.87. The van der Waals surface area contributed by atoms with E-state index in [0.717, 1.165) is 32.1 Å². The molecule has 10 nitrogen and oxygen atoms in total. The molecule has 10 heteroatoms. The monoisotopic (exact) mass is 474 g/mol. The molecule has 0 unspecified atom stereocenters. The fourth-order valence-electron chi connectivity index (χ4n) is 3.55. The summed E-state index contributed by atoms with van der Waals surface area (Å²) in [4.78, 5) is 47.2. The van der Waals surface area contributed by atoms with Gasteiger partial charge in [0.05, 0.1) is 32.3 Å². The highest BCUT2D eigenvalue weighted by Gasteiger charge is 2.43. The first-order valence-corrected chi connectivity index (χ1v) is 11.9. The van der Waals surface area contributed by atoms with Gasteiger partial charge in [0.1, 0.15) is 11.6 Å². The van der Waals surface area contributed by atoms with Crippen LogP contribution >= 0.6 is 0 Å². The molecule has 0 rings (SSSR count). The number of esters is 2. The average molecular weight is 475 g/mol. The van der Waals surface area contributed by atoms with Crippen molar-refractivity contribution in [2.75, 3.05) is 26.4 Å². The van der Waals surface area contributed by atoms with E-state index in [2.05, 4.69) is 10.6 Å². The van der Waals surface area contributed by atoms with Crippen molar-refractivity contribution in [2.45, 2.75) is 83.7 Å². The first-order valence-electron chi connectivity index (χ1n) is 11.9. The largest absolute Gasteiger partial charge is 0.465 e. The molecule has 0 aromatic heterocycles. The van der Waals surface area contributed by atoms with Gasteiger partial charge in [-0.25, -0.2) is 0 Å². The Morgan fingerprint density at radius 3 is 1.82 bits per heavy atom. The second kappa shape index (κ2) is 19.3. The second-order valence-corrected chi connectivity index (χ2v) is 8.11. The summed E-state index contributed by atoms with van der Waals surface area (Å²) in [5.74, 6) is -3.05. The van der Waals surface area contributed by atoms with E-state index in [1.807, 2.05) is 13.8 Å². The minimum atomic E-state index is -1.53. The number of ether oxygens (including phenoxy) is 2. The lowest BCUT2D eigenvalue weighted by Gasteiger charge is -2.38. The molecule has 0 aliphatic carbocycles. The minimum absolute atomic E-state index is 0.115. The number of hydrogen-bond acceptors (Lipinski definition) is 8. The number of unbranched alkanes of at least 4 members (excludes halogenated alkanes) is 5. The smallest absolute Gasteiger partial charge is 0.315 e. The van der Waals surface area contributed by atoms with Crippen molar-refractivity contribution in [3.05, 3.63) is 0 Å². The molecule has 0 radical (unpaired) electrons. The van der Waals surface area contributed by atoms with Crippen LogP contribution in [0.5, 0.6) is 0 Å². The van der Waals surface area contributed by atoms with Gasteiger partial charge in [-0.15, -0.1) is 0 Å². The van der Waals surface area contributed by atoms with Gasteiger partial charge in [-0.2, -0.15) is 0 Å². The van der Waals surface area contributed by atoms with E-state index in [1.165, 1.54) is 0 Å². The van der Waals surface area contributed by atoms with Crippen molar-refractivity contribution in [3.63, 3.8) is 0 Å². The summed E-state index contributed by atoms with van der Waals surface area (Å²) in [7, 11) is 0. The molecule has 0 aliphatic rings. The van der Waals surface area contributed by atoms with Crippen molar-refractivity contribution >= 4 is 24.8 Å². The summed E-state index contributed by atoms with van der Waals surface area (Å²) in [6.07, 6.45) is 7.26. The van der Waals surface area contributed by atoms with Crippen molar-refractivity contribution in [3.8, 4) is 0 Å². The predicted octanol–water partition coefficient (Wildman–Crippen LogP) is 1.42. The Kier molecular flexibility index (Phi) is 18.0. The van der Waals surface area contributed by atoms with Crippen LogP contribution in [0.25, 0.3) is 0 Å². The summed E-state index contributed by atoms with van der Waals surface area (Å²) >= 11 is 0. The van der Waals surface area contributed by atoms with E-state index in [4.69, 9.17) is 9.47 Å². The maximum Gasteiger partial charge on any atom is 0.315 e. The summed E-state index contributed by atoms with van der Waals surface area (Å²) in [5, 5.41) is 24.3. The van der Waals surface area contributed by atoms with E-state index < -0.39 is 36.0 Å². The van der Waals surface area contributed by atoms with E-state index in [-0.39, 0.29) is 19.6 Å². The van der Waals surface area contributed by atoms with Gasteiger partial charge in [-0.05, 0) is 32.1 Å². The van der Waals surface area contributed by atoms with E-state index in [0.29, 0.717) is 45.1 Å². The maximum atomic E-state index is 12.6. The number of nitrogens with one attached hydrogen (secondary N) is 2. The number of rotatable bonds is 22. The van der Waals surface area contributed by atoms with Crippen LogP contribution < -0.4 is 10.6 Å². The number of carbonyl (C=O) groups is 4. The molecule has 4 N–H and O–H groups in total. The van der Waals surface area contributed by atoms with Crippen LogP contribution in [0.2, 0.25) is 0 Å². The molecule has 0 saturated carbocycles. The third kappa shape index (κ3) is 12.0. The summed E-state index contributed by atoms with van der Waals surface area (Å²) in [5.41, 5.74) is -1.53. The zero-order valence-electron chi connectivity index (χ0n) is 20.1. The molecule has 0 bridgehead atoms. The molecular formula is C23H42N2O8. The van der Waals surface area contributed by atoms with Crippen LogP contribution in [0, 0.1) is 11.8 Å². The number of aliphatic hydroxyl groups is 2. The molecule has 33 heavy (non-hydrogen) atoms. The van der Waals surface area contributed by atoms with Crippen LogP contribution in [-0.2, 0) is 28.7 Å². The van der Waals surface area contributed by atoms with Gasteiger partial charge >= 0.3 is 11.9 Å². The van der Waals surface area contributed by atoms with Gasteiger partial charge in [-0.1, -0.05) is 46.0 Å². The molecule has 0 aromatic carbocycles. The number of hydrogen-bond donors (Lipinski definition) is 4.